The van der Waals surface area contributed by atoms with E-state index >= 15 is 0 Å². The number of ether oxygens (including phenoxy) is 3. The fourth-order valence-corrected chi connectivity index (χ4v) is 5.08. The van der Waals surface area contributed by atoms with Gasteiger partial charge in [-0.2, -0.15) is 0 Å². The minimum absolute atomic E-state index is 0.344. The third-order valence-electron chi connectivity index (χ3n) is 7.02. The van der Waals surface area contributed by atoms with Crippen LogP contribution in [-0.4, -0.2) is 82.6 Å². The Hall–Kier alpha value is -1.97. The third-order valence-corrected chi connectivity index (χ3v) is 7.02. The van der Waals surface area contributed by atoms with Crippen molar-refractivity contribution in [3.63, 3.8) is 0 Å². The zero-order chi connectivity index (χ0) is 23.4. The van der Waals surface area contributed by atoms with Crippen LogP contribution in [0.25, 0.3) is 6.08 Å². The van der Waals surface area contributed by atoms with E-state index < -0.39 is 30.7 Å². The van der Waals surface area contributed by atoms with Crippen LogP contribution in [0.3, 0.4) is 0 Å². The molecule has 8 nitrogen and oxygen atoms in total. The van der Waals surface area contributed by atoms with Crippen LogP contribution in [0.5, 0.6) is 5.75 Å². The van der Waals surface area contributed by atoms with Crippen molar-refractivity contribution in [3.8, 4) is 5.75 Å². The molecule has 4 rings (SSSR count). The number of aliphatic hydroxyl groups is 3. The summed E-state index contributed by atoms with van der Waals surface area (Å²) in [6, 6.07) is 7.45. The molecule has 3 heterocycles. The highest BCUT2D eigenvalue weighted by Gasteiger charge is 2.43. The second-order valence-corrected chi connectivity index (χ2v) is 9.33. The molecule has 3 N–H and O–H groups in total. The van der Waals surface area contributed by atoms with Gasteiger partial charge in [0.1, 0.15) is 24.1 Å². The van der Waals surface area contributed by atoms with Gasteiger partial charge in [0, 0.05) is 18.0 Å². The first-order chi connectivity index (χ1) is 15.9. The van der Waals surface area contributed by atoms with Crippen LogP contribution in [0.1, 0.15) is 44.6 Å². The van der Waals surface area contributed by atoms with Gasteiger partial charge >= 0.3 is 5.97 Å². The van der Waals surface area contributed by atoms with Crippen molar-refractivity contribution >= 4 is 12.0 Å². The van der Waals surface area contributed by atoms with Crippen LogP contribution in [0.4, 0.5) is 0 Å². The van der Waals surface area contributed by atoms with Gasteiger partial charge in [0.15, 0.2) is 0 Å². The molecule has 3 saturated heterocycles. The van der Waals surface area contributed by atoms with E-state index in [1.807, 2.05) is 0 Å². The highest BCUT2D eigenvalue weighted by molar-refractivity contribution is 5.87. The van der Waals surface area contributed by atoms with Gasteiger partial charge in [-0.15, -0.1) is 0 Å². The molecule has 0 aliphatic carbocycles. The van der Waals surface area contributed by atoms with Crippen LogP contribution >= 0.6 is 0 Å². The van der Waals surface area contributed by atoms with E-state index in [-0.39, 0.29) is 5.97 Å². The lowest BCUT2D eigenvalue weighted by Crippen LogP contribution is -2.58. The van der Waals surface area contributed by atoms with Crippen molar-refractivity contribution in [1.82, 2.24) is 4.90 Å². The van der Waals surface area contributed by atoms with Crippen molar-refractivity contribution in [2.75, 3.05) is 19.7 Å². The second kappa shape index (κ2) is 11.0. The molecule has 8 heteroatoms. The number of piperidine rings is 2. The van der Waals surface area contributed by atoms with Gasteiger partial charge in [0.05, 0.1) is 12.7 Å². The Labute approximate surface area is 194 Å². The first-order valence-electron chi connectivity index (χ1n) is 12.0. The molecule has 0 radical (unpaired) electrons. The predicted octanol–water partition coefficient (Wildman–Crippen LogP) is 1.71. The van der Waals surface area contributed by atoms with Gasteiger partial charge in [0.25, 0.3) is 0 Å². The van der Waals surface area contributed by atoms with Crippen LogP contribution < -0.4 is 4.74 Å². The first kappa shape index (κ1) is 24.2. The topological polar surface area (TPSA) is 109 Å². The maximum atomic E-state index is 12.2. The number of rotatable bonds is 6. The lowest BCUT2D eigenvalue weighted by molar-refractivity contribution is -0.268. The fourth-order valence-electron chi connectivity index (χ4n) is 5.08. The minimum atomic E-state index is -1.37. The van der Waals surface area contributed by atoms with Gasteiger partial charge in [0.2, 0.25) is 6.29 Å². The Morgan fingerprint density at radius 1 is 1.06 bits per heavy atom. The first-order valence-corrected chi connectivity index (χ1v) is 12.0. The zero-order valence-electron chi connectivity index (χ0n) is 19.1. The highest BCUT2D eigenvalue weighted by atomic mass is 16.7. The average Bonchev–Trinajstić information content (AvgIpc) is 2.84. The number of fused-ring (bicyclic) bond motifs is 1. The van der Waals surface area contributed by atoms with Gasteiger partial charge in [-0.25, -0.2) is 4.79 Å². The zero-order valence-corrected chi connectivity index (χ0v) is 19.1. The molecule has 0 unspecified atom stereocenters. The summed E-state index contributed by atoms with van der Waals surface area (Å²) >= 11 is 0. The van der Waals surface area contributed by atoms with E-state index in [9.17, 15) is 20.1 Å². The molecule has 0 amide bonds. The molecule has 33 heavy (non-hydrogen) atoms. The molecule has 7 atom stereocenters. The van der Waals surface area contributed by atoms with Gasteiger partial charge in [-0.05, 0) is 69.5 Å². The lowest BCUT2D eigenvalue weighted by atomic mass is 9.84. The Kier molecular flexibility index (Phi) is 8.03. The van der Waals surface area contributed by atoms with Gasteiger partial charge in [-0.3, -0.25) is 4.90 Å². The van der Waals surface area contributed by atoms with E-state index in [0.717, 1.165) is 12.0 Å². The standard InChI is InChI=1S/C25H35NO7/c1-16-22(28)23(29)24(30)25(32-16)33-19-10-7-17(8-11-19)9-12-21(27)31-15-18-5-4-14-26-13-3-2-6-20(18)26/h7-12,16,18,20,22-25,28-30H,2-6,13-15H2,1H3/t16-,18-,20+,22-,23+,24+,25-/m0/s1. The summed E-state index contributed by atoms with van der Waals surface area (Å²) in [6.45, 7) is 4.41. The number of benzene rings is 1. The molecule has 1 aromatic rings. The van der Waals surface area contributed by atoms with E-state index in [1.54, 1.807) is 37.3 Å². The van der Waals surface area contributed by atoms with Crippen molar-refractivity contribution in [1.29, 1.82) is 0 Å². The minimum Gasteiger partial charge on any atom is -0.462 e. The summed E-state index contributed by atoms with van der Waals surface area (Å²) in [5, 5.41) is 29.7. The predicted molar refractivity (Wildman–Crippen MR) is 121 cm³/mol. The summed E-state index contributed by atoms with van der Waals surface area (Å²) in [5.41, 5.74) is 0.796. The molecule has 0 spiro atoms. The number of aliphatic hydroxyl groups excluding tert-OH is 3. The number of hydrogen-bond acceptors (Lipinski definition) is 8. The number of esters is 1. The van der Waals surface area contributed by atoms with Gasteiger partial charge in [-0.1, -0.05) is 18.6 Å². The highest BCUT2D eigenvalue weighted by Crippen LogP contribution is 2.31. The second-order valence-electron chi connectivity index (χ2n) is 9.33. The largest absolute Gasteiger partial charge is 0.462 e. The van der Waals surface area contributed by atoms with Gasteiger partial charge < -0.3 is 29.5 Å². The maximum absolute atomic E-state index is 12.2. The van der Waals surface area contributed by atoms with Crippen LogP contribution in [0.15, 0.2) is 30.3 Å². The molecule has 0 aromatic heterocycles. The summed E-state index contributed by atoms with van der Waals surface area (Å²) in [6.07, 6.45) is 3.51. The molecule has 1 aromatic carbocycles. The fraction of sp³-hybridized carbons (Fsp3) is 0.640. The summed E-state index contributed by atoms with van der Waals surface area (Å²) in [5.74, 6) is 0.514. The van der Waals surface area contributed by atoms with Crippen molar-refractivity contribution in [2.45, 2.75) is 75.8 Å². The summed E-state index contributed by atoms with van der Waals surface area (Å²) in [4.78, 5) is 14.8. The smallest absolute Gasteiger partial charge is 0.330 e. The molecule has 0 bridgehead atoms. The molecule has 3 fully saturated rings. The summed E-state index contributed by atoms with van der Waals surface area (Å²) in [7, 11) is 0. The number of nitrogens with zero attached hydrogens (tertiary/aromatic N) is 1. The van der Waals surface area contributed by atoms with Crippen molar-refractivity contribution in [3.05, 3.63) is 35.9 Å². The van der Waals surface area contributed by atoms with Crippen molar-refractivity contribution in [2.24, 2.45) is 5.92 Å². The summed E-state index contributed by atoms with van der Waals surface area (Å²) < 4.78 is 16.6. The Morgan fingerprint density at radius 2 is 1.82 bits per heavy atom. The molecule has 0 saturated carbocycles. The van der Waals surface area contributed by atoms with Crippen LogP contribution in [0, 0.1) is 5.92 Å². The van der Waals surface area contributed by atoms with Crippen LogP contribution in [0.2, 0.25) is 0 Å². The quantitative estimate of drug-likeness (QED) is 0.434. The maximum Gasteiger partial charge on any atom is 0.330 e. The molecular formula is C25H35NO7. The number of carbonyl (C=O) groups is 1. The molecular weight excluding hydrogens is 426 g/mol. The van der Waals surface area contributed by atoms with Crippen molar-refractivity contribution < 1.29 is 34.3 Å². The molecule has 182 valence electrons. The van der Waals surface area contributed by atoms with Crippen LogP contribution in [-0.2, 0) is 14.3 Å². The monoisotopic (exact) mass is 461 g/mol. The van der Waals surface area contributed by atoms with E-state index in [2.05, 4.69) is 4.90 Å². The lowest BCUT2D eigenvalue weighted by Gasteiger charge is -2.44. The van der Waals surface area contributed by atoms with E-state index in [4.69, 9.17) is 14.2 Å². The Balaban J connectivity index is 1.25. The number of carbonyl (C=O) groups excluding carboxylic acids is 1. The number of hydrogen-bond donors (Lipinski definition) is 3. The van der Waals surface area contributed by atoms with E-state index in [1.165, 1.54) is 44.8 Å². The molecule has 3 aliphatic heterocycles. The Morgan fingerprint density at radius 3 is 2.61 bits per heavy atom. The Bertz CT molecular complexity index is 811. The van der Waals surface area contributed by atoms with E-state index in [0.29, 0.717) is 24.3 Å². The molecule has 3 aliphatic rings. The average molecular weight is 462 g/mol. The SMILES string of the molecule is C[C@@H]1O[C@@H](Oc2ccc(C=CC(=O)OC[C@@H]3CCCN4CCCC[C@H]34)cc2)[C@H](O)[C@H](O)[C@H]1O. The third kappa shape index (κ3) is 5.94. The normalized spacial score (nSPS) is 35.2.